The molecule has 2 nitrogen and oxygen atoms in total. The van der Waals surface area contributed by atoms with Crippen molar-refractivity contribution in [2.75, 3.05) is 18.1 Å². The Morgan fingerprint density at radius 3 is 1.53 bits per heavy atom. The highest BCUT2D eigenvalue weighted by Crippen LogP contribution is 2.19. The Labute approximate surface area is 187 Å². The van der Waals surface area contributed by atoms with Crippen molar-refractivity contribution in [2.24, 2.45) is 0 Å². The molecule has 0 N–H and O–H groups in total. The fraction of sp³-hybridized carbons (Fsp3) is 0.714. The van der Waals surface area contributed by atoms with Gasteiger partial charge in [-0.1, -0.05) is 128 Å². The van der Waals surface area contributed by atoms with Crippen molar-refractivity contribution >= 4 is 5.69 Å². The maximum Gasteiger partial charge on any atom is 0.0941 e. The molecule has 0 fully saturated rings. The van der Waals surface area contributed by atoms with Crippen LogP contribution in [0.3, 0.4) is 0 Å². The van der Waals surface area contributed by atoms with E-state index in [-0.39, 0.29) is 0 Å². The first-order valence-corrected chi connectivity index (χ1v) is 13.1. The lowest BCUT2D eigenvalue weighted by atomic mass is 10.0. The van der Waals surface area contributed by atoms with Crippen LogP contribution in [0.25, 0.3) is 0 Å². The number of hydrogen-bond acceptors (Lipinski definition) is 2. The van der Waals surface area contributed by atoms with E-state index in [1.165, 1.54) is 121 Å². The SMILES string of the molecule is CCCCCCCCCCCCCCCCCCCN1C=CN(c2ccccc2)C1. The third-order valence-corrected chi connectivity index (χ3v) is 6.43. The Kier molecular flexibility index (Phi) is 14.3. The average Bonchev–Trinajstić information content (AvgIpc) is 3.25. The van der Waals surface area contributed by atoms with Gasteiger partial charge in [0.25, 0.3) is 0 Å². The Bertz CT molecular complexity index is 525. The lowest BCUT2D eigenvalue weighted by Gasteiger charge is -2.21. The van der Waals surface area contributed by atoms with Gasteiger partial charge in [0, 0.05) is 24.6 Å². The van der Waals surface area contributed by atoms with Crippen LogP contribution in [-0.4, -0.2) is 18.1 Å². The molecule has 0 radical (unpaired) electrons. The van der Waals surface area contributed by atoms with Gasteiger partial charge in [-0.05, 0) is 18.6 Å². The Morgan fingerprint density at radius 2 is 1.03 bits per heavy atom. The molecule has 0 saturated heterocycles. The highest BCUT2D eigenvalue weighted by atomic mass is 15.3. The van der Waals surface area contributed by atoms with Gasteiger partial charge < -0.3 is 9.80 Å². The van der Waals surface area contributed by atoms with Crippen LogP contribution in [0.1, 0.15) is 116 Å². The molecule has 1 aliphatic rings. The number of benzene rings is 1. The topological polar surface area (TPSA) is 6.48 Å². The predicted molar refractivity (Wildman–Crippen MR) is 134 cm³/mol. The van der Waals surface area contributed by atoms with Gasteiger partial charge >= 0.3 is 0 Å². The van der Waals surface area contributed by atoms with Crippen molar-refractivity contribution in [1.82, 2.24) is 4.90 Å². The lowest BCUT2D eigenvalue weighted by Crippen LogP contribution is -2.25. The molecule has 0 aromatic heterocycles. The summed E-state index contributed by atoms with van der Waals surface area (Å²) in [7, 11) is 0. The third kappa shape index (κ3) is 11.7. The molecule has 1 aromatic rings. The van der Waals surface area contributed by atoms with E-state index in [1.807, 2.05) is 0 Å². The van der Waals surface area contributed by atoms with E-state index in [9.17, 15) is 0 Å². The maximum atomic E-state index is 2.44. The van der Waals surface area contributed by atoms with Crippen molar-refractivity contribution in [2.45, 2.75) is 116 Å². The van der Waals surface area contributed by atoms with Gasteiger partial charge in [0.15, 0.2) is 0 Å². The molecule has 0 aliphatic carbocycles. The minimum absolute atomic E-state index is 1.00. The number of para-hydroxylation sites is 1. The average molecular weight is 413 g/mol. The zero-order chi connectivity index (χ0) is 21.1. The number of nitrogens with zero attached hydrogens (tertiary/aromatic N) is 2. The zero-order valence-corrected chi connectivity index (χ0v) is 19.9. The van der Waals surface area contributed by atoms with E-state index in [0.29, 0.717) is 0 Å². The van der Waals surface area contributed by atoms with Crippen molar-refractivity contribution < 1.29 is 0 Å². The summed E-state index contributed by atoms with van der Waals surface area (Å²) < 4.78 is 0. The van der Waals surface area contributed by atoms with Crippen molar-refractivity contribution in [3.05, 3.63) is 42.7 Å². The Morgan fingerprint density at radius 1 is 0.567 bits per heavy atom. The van der Waals surface area contributed by atoms with Crippen LogP contribution in [-0.2, 0) is 0 Å². The number of unbranched alkanes of at least 4 members (excludes halogenated alkanes) is 16. The summed E-state index contributed by atoms with van der Waals surface area (Å²) in [4.78, 5) is 4.77. The second-order valence-electron chi connectivity index (χ2n) is 9.21. The van der Waals surface area contributed by atoms with Crippen LogP contribution in [0.5, 0.6) is 0 Å². The normalized spacial score (nSPS) is 13.5. The molecule has 0 saturated carbocycles. The zero-order valence-electron chi connectivity index (χ0n) is 19.9. The lowest BCUT2D eigenvalue weighted by molar-refractivity contribution is 0.388. The van der Waals surface area contributed by atoms with Crippen molar-refractivity contribution in [3.8, 4) is 0 Å². The molecule has 2 rings (SSSR count). The second kappa shape index (κ2) is 17.3. The summed E-state index contributed by atoms with van der Waals surface area (Å²) in [5, 5.41) is 0. The molecule has 2 heteroatoms. The second-order valence-corrected chi connectivity index (χ2v) is 9.21. The van der Waals surface area contributed by atoms with Gasteiger partial charge in [0.05, 0.1) is 6.67 Å². The summed E-state index contributed by atoms with van der Waals surface area (Å²) in [5.41, 5.74) is 1.29. The fourth-order valence-corrected chi connectivity index (χ4v) is 4.44. The molecule has 1 heterocycles. The van der Waals surface area contributed by atoms with Crippen LogP contribution in [0.2, 0.25) is 0 Å². The monoisotopic (exact) mass is 412 g/mol. The molecule has 30 heavy (non-hydrogen) atoms. The highest BCUT2D eigenvalue weighted by molar-refractivity contribution is 5.49. The molecular weight excluding hydrogens is 364 g/mol. The summed E-state index contributed by atoms with van der Waals surface area (Å²) in [6.07, 6.45) is 28.9. The molecular formula is C28H48N2. The van der Waals surface area contributed by atoms with Crippen LogP contribution < -0.4 is 4.90 Å². The van der Waals surface area contributed by atoms with Gasteiger partial charge in [-0.25, -0.2) is 0 Å². The fourth-order valence-electron chi connectivity index (χ4n) is 4.44. The highest BCUT2D eigenvalue weighted by Gasteiger charge is 2.12. The smallest absolute Gasteiger partial charge is 0.0941 e. The summed E-state index contributed by atoms with van der Waals surface area (Å²) in [6.45, 7) is 4.49. The van der Waals surface area contributed by atoms with Crippen molar-refractivity contribution in [1.29, 1.82) is 0 Å². The minimum atomic E-state index is 1.00. The van der Waals surface area contributed by atoms with E-state index in [1.54, 1.807) is 0 Å². The van der Waals surface area contributed by atoms with Crippen molar-refractivity contribution in [3.63, 3.8) is 0 Å². The van der Waals surface area contributed by atoms with Crippen LogP contribution in [0, 0.1) is 0 Å². The van der Waals surface area contributed by atoms with Crippen LogP contribution >= 0.6 is 0 Å². The van der Waals surface area contributed by atoms with Gasteiger partial charge in [-0.2, -0.15) is 0 Å². The third-order valence-electron chi connectivity index (χ3n) is 6.43. The van der Waals surface area contributed by atoms with Crippen LogP contribution in [0.15, 0.2) is 42.7 Å². The number of hydrogen-bond donors (Lipinski definition) is 0. The summed E-state index contributed by atoms with van der Waals surface area (Å²) in [6, 6.07) is 10.7. The number of rotatable bonds is 19. The molecule has 0 unspecified atom stereocenters. The van der Waals surface area contributed by atoms with Gasteiger partial charge in [0.2, 0.25) is 0 Å². The Hall–Kier alpha value is -1.44. The molecule has 0 atom stereocenters. The summed E-state index contributed by atoms with van der Waals surface area (Å²) in [5.74, 6) is 0. The first kappa shape index (κ1) is 24.8. The van der Waals surface area contributed by atoms with Gasteiger partial charge in [-0.3, -0.25) is 0 Å². The molecule has 170 valence electrons. The molecule has 0 spiro atoms. The predicted octanol–water partition coefficient (Wildman–Crippen LogP) is 8.89. The summed E-state index contributed by atoms with van der Waals surface area (Å²) >= 11 is 0. The van der Waals surface area contributed by atoms with E-state index < -0.39 is 0 Å². The maximum absolute atomic E-state index is 2.44. The van der Waals surface area contributed by atoms with Crippen LogP contribution in [0.4, 0.5) is 5.69 Å². The largest absolute Gasteiger partial charge is 0.358 e. The molecule has 0 amide bonds. The van der Waals surface area contributed by atoms with E-state index in [2.05, 4.69) is 59.5 Å². The molecule has 1 aromatic carbocycles. The van der Waals surface area contributed by atoms with Gasteiger partial charge in [0.1, 0.15) is 0 Å². The first-order valence-electron chi connectivity index (χ1n) is 13.1. The van der Waals surface area contributed by atoms with E-state index in [4.69, 9.17) is 0 Å². The number of anilines is 1. The Balaban J connectivity index is 1.29. The molecule has 1 aliphatic heterocycles. The van der Waals surface area contributed by atoms with E-state index in [0.717, 1.165) is 6.67 Å². The van der Waals surface area contributed by atoms with Gasteiger partial charge in [-0.15, -0.1) is 0 Å². The quantitative estimate of drug-likeness (QED) is 0.209. The minimum Gasteiger partial charge on any atom is -0.358 e. The first-order chi connectivity index (χ1) is 14.9. The van der Waals surface area contributed by atoms with E-state index >= 15 is 0 Å². The standard InChI is InChI=1S/C28H48N2/c1-2-3-4-5-6-7-8-9-10-11-12-13-14-15-16-17-21-24-29-25-26-30(27-29)28-22-19-18-20-23-28/h18-20,22-23,25-26H,2-17,21,24,27H2,1H3. The molecule has 0 bridgehead atoms.